The fourth-order valence-corrected chi connectivity index (χ4v) is 3.57. The molecule has 8 bridgehead atoms. The van der Waals surface area contributed by atoms with Gasteiger partial charge in [-0.3, -0.25) is 9.97 Å². The molecule has 0 spiro atoms. The molecule has 148 valence electrons. The van der Waals surface area contributed by atoms with E-state index in [1.807, 2.05) is 38.1 Å². The molecule has 0 saturated carbocycles. The Balaban J connectivity index is 0.00000205. The summed E-state index contributed by atoms with van der Waals surface area (Å²) < 4.78 is 11.7. The number of aromatic nitrogens is 2. The van der Waals surface area contributed by atoms with Gasteiger partial charge in [0.05, 0.1) is 12.5 Å². The van der Waals surface area contributed by atoms with E-state index in [0.717, 1.165) is 33.6 Å². The first kappa shape index (κ1) is 19.8. The third-order valence-corrected chi connectivity index (χ3v) is 5.57. The van der Waals surface area contributed by atoms with Crippen molar-refractivity contribution in [2.24, 2.45) is 0 Å². The Morgan fingerprint density at radius 1 is 0.690 bits per heavy atom. The van der Waals surface area contributed by atoms with Crippen molar-refractivity contribution >= 4 is 0 Å². The Hall–Kier alpha value is -2.45. The summed E-state index contributed by atoms with van der Waals surface area (Å²) in [7, 11) is 0. The molecule has 0 radical (unpaired) electrons. The van der Waals surface area contributed by atoms with Crippen LogP contribution in [0.5, 0.6) is 0 Å². The second-order valence-corrected chi connectivity index (χ2v) is 8.28. The quantitative estimate of drug-likeness (QED) is 0.263. The number of rotatable bonds is 0. The summed E-state index contributed by atoms with van der Waals surface area (Å²) in [6.45, 7) is 8.34. The smallest absolute Gasteiger partial charge is 0.458 e. The molecular weight excluding hydrogens is 543 g/mol. The van der Waals surface area contributed by atoms with Gasteiger partial charge in [0.2, 0.25) is 0 Å². The normalized spacial score (nSPS) is 15.9. The zero-order valence-corrected chi connectivity index (χ0v) is 18.9. The number of benzene rings is 2. The van der Waals surface area contributed by atoms with Crippen LogP contribution < -0.4 is 0 Å². The first-order chi connectivity index (χ1) is 13.4. The van der Waals surface area contributed by atoms with Gasteiger partial charge in [0.25, 0.3) is 0 Å². The van der Waals surface area contributed by atoms with Gasteiger partial charge in [0.1, 0.15) is 5.41 Å². The van der Waals surface area contributed by atoms with Crippen LogP contribution in [0.15, 0.2) is 57.8 Å². The zero-order valence-electron chi connectivity index (χ0n) is 16.6. The third-order valence-electron chi connectivity index (χ3n) is 5.57. The first-order valence-corrected chi connectivity index (χ1v) is 9.34. The van der Waals surface area contributed by atoms with Crippen LogP contribution in [0.3, 0.4) is 0 Å². The Kier molecular flexibility index (Phi) is 4.66. The summed E-state index contributed by atoms with van der Waals surface area (Å²) in [6, 6.07) is 19.3. The molecule has 2 aromatic heterocycles. The molecule has 0 aliphatic carbocycles. The van der Waals surface area contributed by atoms with E-state index in [1.54, 1.807) is 12.5 Å². The largest absolute Gasteiger partial charge is 2.00 e. The minimum atomic E-state index is -0.602. The molecule has 5 rings (SSSR count). The zero-order chi connectivity index (χ0) is 19.5. The fraction of sp³-hybridized carbons (Fsp3) is 0.250. The van der Waals surface area contributed by atoms with Crippen molar-refractivity contribution in [3.63, 3.8) is 0 Å². The van der Waals surface area contributed by atoms with Gasteiger partial charge < -0.3 is 8.83 Å². The number of nitrogens with zero attached hydrogens (tertiary/aromatic N) is 2. The van der Waals surface area contributed by atoms with Crippen molar-refractivity contribution in [2.75, 3.05) is 0 Å². The Labute approximate surface area is 184 Å². The predicted octanol–water partition coefficient (Wildman–Crippen LogP) is 5.56. The third kappa shape index (κ3) is 3.10. The summed E-state index contributed by atoms with van der Waals surface area (Å²) in [4.78, 5) is 9.46. The van der Waals surface area contributed by atoms with E-state index >= 15 is 0 Å². The molecule has 29 heavy (non-hydrogen) atoms. The molecule has 0 atom stereocenters. The molecule has 1 aliphatic rings. The molecule has 0 fully saturated rings. The van der Waals surface area contributed by atoms with E-state index in [9.17, 15) is 0 Å². The summed E-state index contributed by atoms with van der Waals surface area (Å²) in [6.07, 6.45) is 3.35. The van der Waals surface area contributed by atoms with Crippen LogP contribution in [0.4, 0.5) is 0 Å². The molecule has 4 aromatic rings. The monoisotopic (exact) mass is 563 g/mol. The van der Waals surface area contributed by atoms with Crippen molar-refractivity contribution < 1.29 is 29.9 Å². The van der Waals surface area contributed by atoms with Gasteiger partial charge in [-0.05, 0) is 19.3 Å². The first-order valence-electron chi connectivity index (χ1n) is 9.34. The standard InChI is InChI=1S/C24H20N2O2.Pt/c1-23(2)17-9-5-7-15(11-17)19-13-27-21(25-19)24(3,4)22-26-20(14-28-22)16-8-6-10-18(23)12-16;/h5-10,13-14H,1-4H3;/q-2;+2. The van der Waals surface area contributed by atoms with Gasteiger partial charge in [-0.25, -0.2) is 0 Å². The van der Waals surface area contributed by atoms with Crippen molar-refractivity contribution in [2.45, 2.75) is 38.5 Å². The molecule has 0 N–H and O–H groups in total. The number of oxazole rings is 2. The van der Waals surface area contributed by atoms with Crippen LogP contribution in [0.25, 0.3) is 22.5 Å². The van der Waals surface area contributed by atoms with E-state index in [0.29, 0.717) is 11.8 Å². The molecule has 0 amide bonds. The van der Waals surface area contributed by atoms with Crippen LogP contribution in [-0.2, 0) is 31.9 Å². The van der Waals surface area contributed by atoms with Gasteiger partial charge in [-0.2, -0.15) is 0 Å². The second-order valence-electron chi connectivity index (χ2n) is 8.28. The van der Waals surface area contributed by atoms with E-state index in [1.165, 1.54) is 0 Å². The molecule has 4 nitrogen and oxygen atoms in total. The van der Waals surface area contributed by atoms with Crippen LogP contribution in [0.2, 0.25) is 0 Å². The Morgan fingerprint density at radius 2 is 1.14 bits per heavy atom. The molecule has 5 heteroatoms. The maximum absolute atomic E-state index is 5.83. The van der Waals surface area contributed by atoms with Crippen LogP contribution in [0.1, 0.15) is 50.6 Å². The van der Waals surface area contributed by atoms with E-state index in [-0.39, 0.29) is 26.5 Å². The van der Waals surface area contributed by atoms with Crippen molar-refractivity contribution in [1.82, 2.24) is 9.97 Å². The maximum Gasteiger partial charge on any atom is 2.00 e. The molecule has 2 aromatic carbocycles. The number of fused-ring (bicyclic) bond motifs is 10. The average molecular weight is 564 g/mol. The summed E-state index contributed by atoms with van der Waals surface area (Å²) >= 11 is 0. The van der Waals surface area contributed by atoms with Gasteiger partial charge in [0, 0.05) is 11.4 Å². The van der Waals surface area contributed by atoms with Crippen LogP contribution in [-0.4, -0.2) is 9.97 Å². The van der Waals surface area contributed by atoms with E-state index < -0.39 is 5.41 Å². The molecular formula is C24H20N2O2Pt. The van der Waals surface area contributed by atoms with Gasteiger partial charge in [0.15, 0.2) is 11.8 Å². The number of hydrogen-bond donors (Lipinski definition) is 0. The molecule has 1 aliphatic heterocycles. The van der Waals surface area contributed by atoms with Gasteiger partial charge in [-0.15, -0.1) is 70.8 Å². The second kappa shape index (κ2) is 6.81. The molecule has 3 heterocycles. The van der Waals surface area contributed by atoms with E-state index in [2.05, 4.69) is 38.1 Å². The predicted molar refractivity (Wildman–Crippen MR) is 106 cm³/mol. The maximum atomic E-state index is 5.83. The van der Waals surface area contributed by atoms with E-state index in [4.69, 9.17) is 18.8 Å². The fourth-order valence-electron chi connectivity index (χ4n) is 3.57. The van der Waals surface area contributed by atoms with Crippen molar-refractivity contribution in [1.29, 1.82) is 0 Å². The SMILES string of the molecule is CC1(C)c2[c-]c(ccc2)-c2coc(n2)C(C)(C)c2nc(co2)-c2[c-]c1ccc2.[Pt+2]. The minimum Gasteiger partial charge on any atom is -0.458 e. The van der Waals surface area contributed by atoms with Crippen LogP contribution >= 0.6 is 0 Å². The minimum absolute atomic E-state index is 0. The Morgan fingerprint density at radius 3 is 1.59 bits per heavy atom. The summed E-state index contributed by atoms with van der Waals surface area (Å²) in [5.74, 6) is 1.12. The topological polar surface area (TPSA) is 52.1 Å². The Bertz CT molecular complexity index is 1100. The molecule has 0 saturated heterocycles. The van der Waals surface area contributed by atoms with Crippen molar-refractivity contribution in [3.05, 3.63) is 84.0 Å². The summed E-state index contributed by atoms with van der Waals surface area (Å²) in [5.41, 5.74) is 4.56. The summed E-state index contributed by atoms with van der Waals surface area (Å²) in [5, 5.41) is 0. The molecule has 0 unspecified atom stereocenters. The van der Waals surface area contributed by atoms with Gasteiger partial charge in [-0.1, -0.05) is 13.8 Å². The van der Waals surface area contributed by atoms with Crippen LogP contribution in [0, 0.1) is 12.1 Å². The average Bonchev–Trinajstić information content (AvgIpc) is 3.38. The van der Waals surface area contributed by atoms with Crippen molar-refractivity contribution in [3.8, 4) is 22.5 Å². The van der Waals surface area contributed by atoms with Gasteiger partial charge >= 0.3 is 21.1 Å². The number of hydrogen-bond acceptors (Lipinski definition) is 4.